The molecule has 15 heavy (non-hydrogen) atoms. The topological polar surface area (TPSA) is 99.1 Å². The summed E-state index contributed by atoms with van der Waals surface area (Å²) in [5.41, 5.74) is 11.6. The van der Waals surface area contributed by atoms with E-state index in [0.717, 1.165) is 6.42 Å². The van der Waals surface area contributed by atoms with E-state index >= 15 is 0 Å². The highest BCUT2D eigenvalue weighted by Gasteiger charge is 2.07. The summed E-state index contributed by atoms with van der Waals surface area (Å²) in [5.74, 6) is 0.993. The number of nitrogens with zero attached hydrogens (tertiary/aromatic N) is 2. The molecule has 6 nitrogen and oxygen atoms in total. The van der Waals surface area contributed by atoms with Gasteiger partial charge in [-0.2, -0.15) is 4.98 Å². The van der Waals surface area contributed by atoms with Crippen molar-refractivity contribution in [2.45, 2.75) is 13.3 Å². The van der Waals surface area contributed by atoms with Crippen LogP contribution in [-0.2, 0) is 0 Å². The Balaban J connectivity index is 2.71. The van der Waals surface area contributed by atoms with E-state index in [9.17, 15) is 0 Å². The van der Waals surface area contributed by atoms with Crippen molar-refractivity contribution in [3.05, 3.63) is 6.33 Å². The van der Waals surface area contributed by atoms with Crippen LogP contribution < -0.4 is 21.5 Å². The molecule has 1 aromatic heterocycles. The van der Waals surface area contributed by atoms with Crippen molar-refractivity contribution < 1.29 is 4.74 Å². The number of aromatic nitrogens is 2. The summed E-state index contributed by atoms with van der Waals surface area (Å²) >= 11 is 0. The van der Waals surface area contributed by atoms with Crippen molar-refractivity contribution in [1.82, 2.24) is 9.97 Å². The lowest BCUT2D eigenvalue weighted by Crippen LogP contribution is -2.15. The molecule has 0 bridgehead atoms. The first kappa shape index (κ1) is 11.5. The molecule has 0 radical (unpaired) electrons. The van der Waals surface area contributed by atoms with Crippen LogP contribution in [0.25, 0.3) is 0 Å². The molecule has 0 aliphatic carbocycles. The molecule has 0 fully saturated rings. The predicted molar refractivity (Wildman–Crippen MR) is 59.8 cm³/mol. The smallest absolute Gasteiger partial charge is 0.242 e. The second kappa shape index (κ2) is 6.02. The number of hydrogen-bond donors (Lipinski definition) is 3. The Kier molecular flexibility index (Phi) is 4.62. The van der Waals surface area contributed by atoms with Crippen molar-refractivity contribution in [1.29, 1.82) is 0 Å². The highest BCUT2D eigenvalue weighted by atomic mass is 16.5. The molecule has 0 spiro atoms. The van der Waals surface area contributed by atoms with E-state index < -0.39 is 0 Å². The third kappa shape index (κ3) is 3.25. The van der Waals surface area contributed by atoms with Gasteiger partial charge in [0, 0.05) is 13.1 Å². The first-order chi connectivity index (χ1) is 7.29. The molecule has 0 amide bonds. The number of nitrogens with one attached hydrogen (secondary N) is 1. The summed E-state index contributed by atoms with van der Waals surface area (Å²) in [5, 5.41) is 3.00. The molecule has 0 saturated heterocycles. The zero-order valence-electron chi connectivity index (χ0n) is 8.86. The second-order valence-electron chi connectivity index (χ2n) is 3.01. The van der Waals surface area contributed by atoms with Crippen molar-refractivity contribution in [3.8, 4) is 5.88 Å². The van der Waals surface area contributed by atoms with Crippen LogP contribution in [-0.4, -0.2) is 29.7 Å². The highest BCUT2D eigenvalue weighted by Crippen LogP contribution is 2.24. The Bertz CT molecular complexity index is 278. The van der Waals surface area contributed by atoms with Gasteiger partial charge in [0.15, 0.2) is 5.82 Å². The summed E-state index contributed by atoms with van der Waals surface area (Å²) in [7, 11) is 0. The van der Waals surface area contributed by atoms with Gasteiger partial charge in [-0.15, -0.1) is 0 Å². The van der Waals surface area contributed by atoms with Crippen molar-refractivity contribution in [2.75, 3.05) is 30.7 Å². The third-order valence-electron chi connectivity index (χ3n) is 1.73. The lowest BCUT2D eigenvalue weighted by Gasteiger charge is -2.10. The van der Waals surface area contributed by atoms with E-state index in [1.54, 1.807) is 0 Å². The van der Waals surface area contributed by atoms with Gasteiger partial charge in [0.2, 0.25) is 5.88 Å². The van der Waals surface area contributed by atoms with E-state index in [0.29, 0.717) is 37.1 Å². The summed E-state index contributed by atoms with van der Waals surface area (Å²) in [6.07, 6.45) is 2.33. The predicted octanol–water partition coefficient (Wildman–Crippen LogP) is 0.218. The van der Waals surface area contributed by atoms with Crippen LogP contribution in [0.1, 0.15) is 13.3 Å². The van der Waals surface area contributed by atoms with Crippen molar-refractivity contribution in [3.63, 3.8) is 0 Å². The van der Waals surface area contributed by atoms with Gasteiger partial charge < -0.3 is 21.5 Å². The van der Waals surface area contributed by atoms with Crippen molar-refractivity contribution >= 4 is 11.5 Å². The fourth-order valence-electron chi connectivity index (χ4n) is 1.02. The van der Waals surface area contributed by atoms with Crippen LogP contribution in [0.3, 0.4) is 0 Å². The molecule has 0 saturated carbocycles. The number of nitrogens with two attached hydrogens (primary N) is 2. The fourth-order valence-corrected chi connectivity index (χ4v) is 1.02. The molecule has 84 valence electrons. The molecule has 0 unspecified atom stereocenters. The van der Waals surface area contributed by atoms with Gasteiger partial charge in [0.25, 0.3) is 0 Å². The van der Waals surface area contributed by atoms with Gasteiger partial charge >= 0.3 is 0 Å². The number of ether oxygens (including phenoxy) is 1. The highest BCUT2D eigenvalue weighted by molar-refractivity contribution is 5.66. The monoisotopic (exact) mass is 211 g/mol. The second-order valence-corrected chi connectivity index (χ2v) is 3.01. The minimum atomic E-state index is 0.423. The molecule has 0 atom stereocenters. The Morgan fingerprint density at radius 2 is 2.27 bits per heavy atom. The van der Waals surface area contributed by atoms with Gasteiger partial charge in [-0.05, 0) is 6.42 Å². The van der Waals surface area contributed by atoms with E-state index in [2.05, 4.69) is 15.3 Å². The molecule has 0 aliphatic rings. The number of anilines is 2. The molecule has 1 rings (SSSR count). The summed E-state index contributed by atoms with van der Waals surface area (Å²) in [6.45, 7) is 3.76. The Labute approximate surface area is 89.0 Å². The number of hydrogen-bond acceptors (Lipinski definition) is 6. The van der Waals surface area contributed by atoms with Crippen LogP contribution in [0.4, 0.5) is 11.5 Å². The first-order valence-corrected chi connectivity index (χ1v) is 4.96. The summed E-state index contributed by atoms with van der Waals surface area (Å²) in [6, 6.07) is 0. The van der Waals surface area contributed by atoms with Gasteiger partial charge in [-0.3, -0.25) is 0 Å². The van der Waals surface area contributed by atoms with Gasteiger partial charge in [0.1, 0.15) is 12.0 Å². The van der Waals surface area contributed by atoms with Crippen molar-refractivity contribution in [2.24, 2.45) is 5.73 Å². The SMILES string of the molecule is CCCOc1ncnc(NCCN)c1N. The lowest BCUT2D eigenvalue weighted by atomic mass is 10.4. The standard InChI is InChI=1S/C9H17N5O/c1-2-5-15-9-7(11)8(12-4-3-10)13-6-14-9/h6H,2-5,10-11H2,1H3,(H,12,13,14). The molecule has 0 aliphatic heterocycles. The molecular weight excluding hydrogens is 194 g/mol. The third-order valence-corrected chi connectivity index (χ3v) is 1.73. The van der Waals surface area contributed by atoms with Crippen LogP contribution in [0, 0.1) is 0 Å². The summed E-state index contributed by atoms with van der Waals surface area (Å²) in [4.78, 5) is 7.96. The van der Waals surface area contributed by atoms with Gasteiger partial charge in [-0.25, -0.2) is 4.98 Å². The van der Waals surface area contributed by atoms with E-state index in [1.165, 1.54) is 6.33 Å². The molecular formula is C9H17N5O. The zero-order valence-corrected chi connectivity index (χ0v) is 8.86. The fraction of sp³-hybridized carbons (Fsp3) is 0.556. The van der Waals surface area contributed by atoms with E-state index in [-0.39, 0.29) is 0 Å². The van der Waals surface area contributed by atoms with Gasteiger partial charge in [0.05, 0.1) is 6.61 Å². The average Bonchev–Trinajstić information content (AvgIpc) is 2.26. The maximum absolute atomic E-state index is 5.81. The molecule has 5 N–H and O–H groups in total. The number of nitrogen functional groups attached to an aromatic ring is 1. The normalized spacial score (nSPS) is 10.0. The van der Waals surface area contributed by atoms with Gasteiger partial charge in [-0.1, -0.05) is 6.92 Å². The molecule has 1 aromatic rings. The maximum atomic E-state index is 5.81. The van der Waals surface area contributed by atoms with E-state index in [1.807, 2.05) is 6.92 Å². The average molecular weight is 211 g/mol. The Morgan fingerprint density at radius 1 is 1.47 bits per heavy atom. The maximum Gasteiger partial charge on any atom is 0.242 e. The first-order valence-electron chi connectivity index (χ1n) is 4.96. The number of rotatable bonds is 6. The van der Waals surface area contributed by atoms with Crippen LogP contribution in [0.2, 0.25) is 0 Å². The van der Waals surface area contributed by atoms with Crippen LogP contribution in [0.15, 0.2) is 6.33 Å². The van der Waals surface area contributed by atoms with E-state index in [4.69, 9.17) is 16.2 Å². The minimum Gasteiger partial charge on any atom is -0.476 e. The summed E-state index contributed by atoms with van der Waals surface area (Å²) < 4.78 is 5.36. The molecule has 0 aromatic carbocycles. The van der Waals surface area contributed by atoms with Crippen LogP contribution in [0.5, 0.6) is 5.88 Å². The minimum absolute atomic E-state index is 0.423. The quantitative estimate of drug-likeness (QED) is 0.622. The Hall–Kier alpha value is -1.56. The molecule has 1 heterocycles. The lowest BCUT2D eigenvalue weighted by molar-refractivity contribution is 0.306. The molecule has 6 heteroatoms. The zero-order chi connectivity index (χ0) is 11.1. The Morgan fingerprint density at radius 3 is 2.93 bits per heavy atom. The van der Waals surface area contributed by atoms with Crippen LogP contribution >= 0.6 is 0 Å². The largest absolute Gasteiger partial charge is 0.476 e.